The van der Waals surface area contributed by atoms with Crippen LogP contribution < -0.4 is 15.4 Å². The maximum Gasteiger partial charge on any atom is 0.247 e. The number of fused-ring (bicyclic) bond motifs is 1. The van der Waals surface area contributed by atoms with Gasteiger partial charge in [0.1, 0.15) is 23.7 Å². The second-order valence-corrected chi connectivity index (χ2v) is 8.50. The van der Waals surface area contributed by atoms with Crippen LogP contribution in [0.1, 0.15) is 11.6 Å². The van der Waals surface area contributed by atoms with Crippen molar-refractivity contribution < 1.29 is 19.1 Å². The number of nitrogens with zero attached hydrogens (tertiary/aromatic N) is 2. The molecule has 0 fully saturated rings. The van der Waals surface area contributed by atoms with Crippen LogP contribution in [0, 0.1) is 0 Å². The van der Waals surface area contributed by atoms with Crippen molar-refractivity contribution in [2.45, 2.75) is 6.04 Å². The Morgan fingerprint density at radius 1 is 1.03 bits per heavy atom. The third-order valence-electron chi connectivity index (χ3n) is 6.16. The van der Waals surface area contributed by atoms with E-state index in [0.29, 0.717) is 28.4 Å². The number of benzene rings is 3. The Hall–Kier alpha value is -4.95. The lowest BCUT2D eigenvalue weighted by Gasteiger charge is -2.18. The maximum absolute atomic E-state index is 11.8. The first kappa shape index (κ1) is 24.7. The highest BCUT2D eigenvalue weighted by atomic mass is 16.5. The predicted molar refractivity (Wildman–Crippen MR) is 148 cm³/mol. The molecule has 0 aliphatic carbocycles. The number of ether oxygens (including phenoxy) is 1. The first-order chi connectivity index (χ1) is 18.6. The van der Waals surface area contributed by atoms with Gasteiger partial charge in [-0.3, -0.25) is 4.79 Å². The summed E-state index contributed by atoms with van der Waals surface area (Å²) in [5.41, 5.74) is 4.40. The van der Waals surface area contributed by atoms with E-state index in [-0.39, 0.29) is 12.5 Å². The fourth-order valence-corrected chi connectivity index (χ4v) is 4.26. The molecule has 3 N–H and O–H groups in total. The molecule has 0 aliphatic rings. The van der Waals surface area contributed by atoms with Crippen molar-refractivity contribution in [3.05, 3.63) is 103 Å². The molecule has 0 radical (unpaired) electrons. The molecule has 1 unspecified atom stereocenters. The molecule has 0 saturated carbocycles. The van der Waals surface area contributed by atoms with E-state index in [2.05, 4.69) is 27.2 Å². The largest absolute Gasteiger partial charge is 0.497 e. The number of carbonyl (C=O) groups excluding carboxylic acids is 1. The first-order valence-corrected chi connectivity index (χ1v) is 12.0. The molecule has 8 heteroatoms. The molecule has 0 spiro atoms. The third kappa shape index (κ3) is 4.98. The Labute approximate surface area is 219 Å². The van der Waals surface area contributed by atoms with Crippen molar-refractivity contribution in [2.24, 2.45) is 0 Å². The van der Waals surface area contributed by atoms with Crippen LogP contribution in [0.2, 0.25) is 0 Å². The number of furan rings is 1. The molecule has 1 amide bonds. The van der Waals surface area contributed by atoms with Crippen molar-refractivity contribution in [1.82, 2.24) is 9.97 Å². The highest BCUT2D eigenvalue weighted by molar-refractivity contribution is 6.06. The molecular formula is C30H26N4O4. The van der Waals surface area contributed by atoms with E-state index in [1.54, 1.807) is 7.11 Å². The standard InChI is InChI=1S/C30H26N4O4/c1-3-25(36)33-22-13-9-20(10-14-22)26-27-29(34-24(17-35)19-7-5-4-6-8-19)31-18-32-30(27)38-28(26)21-11-15-23(37-2)16-12-21/h3-16,18,24,35H,1,17H2,2H3,(H,33,36)(H,31,32,34). The Balaban J connectivity index is 1.66. The van der Waals surface area contributed by atoms with Crippen LogP contribution in [0.4, 0.5) is 11.5 Å². The minimum Gasteiger partial charge on any atom is -0.497 e. The van der Waals surface area contributed by atoms with Gasteiger partial charge in [-0.05, 0) is 53.6 Å². The van der Waals surface area contributed by atoms with Crippen LogP contribution in [0.15, 0.2) is 102 Å². The summed E-state index contributed by atoms with van der Waals surface area (Å²) in [5, 5.41) is 17.0. The van der Waals surface area contributed by atoms with Crippen molar-refractivity contribution in [3.8, 4) is 28.2 Å². The molecular weight excluding hydrogens is 480 g/mol. The molecule has 2 aromatic heterocycles. The van der Waals surface area contributed by atoms with Gasteiger partial charge in [0, 0.05) is 16.8 Å². The minimum atomic E-state index is -0.391. The van der Waals surface area contributed by atoms with E-state index in [9.17, 15) is 9.90 Å². The van der Waals surface area contributed by atoms with Crippen LogP contribution in [-0.4, -0.2) is 34.7 Å². The fraction of sp³-hybridized carbons (Fsp3) is 0.100. The van der Waals surface area contributed by atoms with Gasteiger partial charge in [0.05, 0.1) is 25.1 Å². The van der Waals surface area contributed by atoms with E-state index in [1.807, 2.05) is 78.9 Å². The van der Waals surface area contributed by atoms with Gasteiger partial charge in [0.15, 0.2) is 0 Å². The van der Waals surface area contributed by atoms with Crippen LogP contribution in [0.3, 0.4) is 0 Å². The third-order valence-corrected chi connectivity index (χ3v) is 6.16. The molecule has 3 aromatic carbocycles. The van der Waals surface area contributed by atoms with Gasteiger partial charge in [-0.25, -0.2) is 9.97 Å². The summed E-state index contributed by atoms with van der Waals surface area (Å²) in [6.07, 6.45) is 2.65. The van der Waals surface area contributed by atoms with E-state index >= 15 is 0 Å². The SMILES string of the molecule is C=CC(=O)Nc1ccc(-c2c(-c3ccc(OC)cc3)oc3ncnc(NC(CO)c4ccccc4)c23)cc1. The van der Waals surface area contributed by atoms with Gasteiger partial charge in [-0.2, -0.15) is 0 Å². The van der Waals surface area contributed by atoms with E-state index < -0.39 is 6.04 Å². The molecule has 0 saturated heterocycles. The predicted octanol–water partition coefficient (Wildman–Crippen LogP) is 5.84. The van der Waals surface area contributed by atoms with Crippen LogP contribution >= 0.6 is 0 Å². The number of hydrogen-bond donors (Lipinski definition) is 3. The van der Waals surface area contributed by atoms with Gasteiger partial charge in [-0.15, -0.1) is 0 Å². The number of aliphatic hydroxyl groups excluding tert-OH is 1. The van der Waals surface area contributed by atoms with Gasteiger partial charge in [-0.1, -0.05) is 49.0 Å². The summed E-state index contributed by atoms with van der Waals surface area (Å²) < 4.78 is 11.6. The number of methoxy groups -OCH3 is 1. The number of nitrogens with one attached hydrogen (secondary N) is 2. The number of aliphatic hydroxyl groups is 1. The van der Waals surface area contributed by atoms with E-state index in [4.69, 9.17) is 9.15 Å². The van der Waals surface area contributed by atoms with Gasteiger partial charge in [0.25, 0.3) is 0 Å². The zero-order chi connectivity index (χ0) is 26.5. The average Bonchev–Trinajstić information content (AvgIpc) is 3.37. The minimum absolute atomic E-state index is 0.133. The molecule has 38 heavy (non-hydrogen) atoms. The molecule has 0 bridgehead atoms. The summed E-state index contributed by atoms with van der Waals surface area (Å²) in [7, 11) is 1.62. The molecule has 5 rings (SSSR count). The normalized spacial score (nSPS) is 11.6. The number of aromatic nitrogens is 2. The summed E-state index contributed by atoms with van der Waals surface area (Å²) in [4.78, 5) is 20.7. The zero-order valence-electron chi connectivity index (χ0n) is 20.7. The summed E-state index contributed by atoms with van der Waals surface area (Å²) in [6, 6.07) is 24.2. The molecule has 5 aromatic rings. The molecule has 0 aliphatic heterocycles. The second-order valence-electron chi connectivity index (χ2n) is 8.50. The van der Waals surface area contributed by atoms with Crippen molar-refractivity contribution in [2.75, 3.05) is 24.4 Å². The Morgan fingerprint density at radius 3 is 2.39 bits per heavy atom. The quantitative estimate of drug-likeness (QED) is 0.216. The topological polar surface area (TPSA) is 110 Å². The monoisotopic (exact) mass is 506 g/mol. The molecule has 190 valence electrons. The number of amides is 1. The van der Waals surface area contributed by atoms with Gasteiger partial charge in [0.2, 0.25) is 11.6 Å². The van der Waals surface area contributed by atoms with Crippen molar-refractivity contribution in [1.29, 1.82) is 0 Å². The molecule has 1 atom stereocenters. The lowest BCUT2D eigenvalue weighted by molar-refractivity contribution is -0.111. The fourth-order valence-electron chi connectivity index (χ4n) is 4.26. The van der Waals surface area contributed by atoms with Crippen molar-refractivity contribution in [3.63, 3.8) is 0 Å². The second kappa shape index (κ2) is 11.0. The summed E-state index contributed by atoms with van der Waals surface area (Å²) in [6.45, 7) is 3.36. The number of rotatable bonds is 9. The van der Waals surface area contributed by atoms with Crippen molar-refractivity contribution >= 4 is 28.5 Å². The molecule has 8 nitrogen and oxygen atoms in total. The van der Waals surface area contributed by atoms with Gasteiger partial charge < -0.3 is 24.9 Å². The smallest absolute Gasteiger partial charge is 0.247 e. The summed E-state index contributed by atoms with van der Waals surface area (Å²) in [5.74, 6) is 1.57. The Kier molecular flexibility index (Phi) is 7.15. The van der Waals surface area contributed by atoms with Crippen LogP contribution in [0.25, 0.3) is 33.6 Å². The average molecular weight is 507 g/mol. The number of hydrogen-bond acceptors (Lipinski definition) is 7. The Morgan fingerprint density at radius 2 is 1.74 bits per heavy atom. The number of carbonyl (C=O) groups is 1. The Bertz CT molecular complexity index is 1560. The highest BCUT2D eigenvalue weighted by Gasteiger charge is 2.24. The van der Waals surface area contributed by atoms with E-state index in [0.717, 1.165) is 28.0 Å². The lowest BCUT2D eigenvalue weighted by atomic mass is 9.98. The lowest BCUT2D eigenvalue weighted by Crippen LogP contribution is -2.15. The number of anilines is 2. The van der Waals surface area contributed by atoms with Gasteiger partial charge >= 0.3 is 0 Å². The zero-order valence-corrected chi connectivity index (χ0v) is 20.7. The highest BCUT2D eigenvalue weighted by Crippen LogP contribution is 2.43. The first-order valence-electron chi connectivity index (χ1n) is 12.0. The van der Waals surface area contributed by atoms with E-state index in [1.165, 1.54) is 12.4 Å². The maximum atomic E-state index is 11.8. The molecule has 2 heterocycles. The van der Waals surface area contributed by atoms with Crippen LogP contribution in [0.5, 0.6) is 5.75 Å². The van der Waals surface area contributed by atoms with Crippen LogP contribution in [-0.2, 0) is 4.79 Å². The summed E-state index contributed by atoms with van der Waals surface area (Å²) >= 11 is 0.